The van der Waals surface area contributed by atoms with Crippen molar-refractivity contribution in [2.75, 3.05) is 39.3 Å². The Labute approximate surface area is 222 Å². The highest BCUT2D eigenvalue weighted by atomic mass is 17.3. The Balaban J connectivity index is 0.982. The van der Waals surface area contributed by atoms with E-state index in [2.05, 4.69) is 39.8 Å². The Hall–Kier alpha value is -1.08. The standard InChI is InChI=1S/C29H46N4O4/c1-5-6-12-28(30-31-28)14-16-33-19-17-32(18-20-33)15-7-8-25-22(3)24-10-9-21(2)23-11-13-27(4)35-26(34-25)29(23,24)37-36-27/h1,21-26H,6-20H2,2-4H3/t21-,22-,23+,24+,25-,26-,27+,29-/m1/s1. The summed E-state index contributed by atoms with van der Waals surface area (Å²) in [5, 5.41) is 8.58. The molecule has 1 spiro atoms. The number of nitrogens with zero attached hydrogens (tertiary/aromatic N) is 4. The molecule has 8 atom stereocenters. The van der Waals surface area contributed by atoms with E-state index in [0.29, 0.717) is 23.7 Å². The van der Waals surface area contributed by atoms with Gasteiger partial charge in [-0.2, -0.15) is 10.2 Å². The van der Waals surface area contributed by atoms with Crippen LogP contribution < -0.4 is 0 Å². The lowest BCUT2D eigenvalue weighted by atomic mass is 9.57. The molecule has 0 radical (unpaired) electrons. The zero-order valence-corrected chi connectivity index (χ0v) is 23.1. The monoisotopic (exact) mass is 514 g/mol. The van der Waals surface area contributed by atoms with Crippen LogP contribution in [-0.2, 0) is 19.2 Å². The molecule has 7 aliphatic rings. The lowest BCUT2D eigenvalue weighted by molar-refractivity contribution is -0.571. The predicted octanol–water partition coefficient (Wildman–Crippen LogP) is 4.60. The highest BCUT2D eigenvalue weighted by molar-refractivity contribution is 5.09. The summed E-state index contributed by atoms with van der Waals surface area (Å²) in [5.74, 6) is 3.95. The lowest BCUT2D eigenvalue weighted by Gasteiger charge is -2.60. The molecule has 0 aromatic rings. The fourth-order valence-corrected chi connectivity index (χ4v) is 8.07. The molecule has 6 aliphatic heterocycles. The van der Waals surface area contributed by atoms with E-state index in [-0.39, 0.29) is 18.1 Å². The maximum Gasteiger partial charge on any atom is 0.201 e. The molecule has 1 aliphatic carbocycles. The lowest BCUT2D eigenvalue weighted by Crippen LogP contribution is -2.70. The van der Waals surface area contributed by atoms with Crippen molar-refractivity contribution in [3.05, 3.63) is 0 Å². The number of ether oxygens (including phenoxy) is 2. The molecule has 6 heterocycles. The summed E-state index contributed by atoms with van der Waals surface area (Å²) in [6, 6.07) is 0. The summed E-state index contributed by atoms with van der Waals surface area (Å²) in [7, 11) is 0. The van der Waals surface area contributed by atoms with Gasteiger partial charge in [-0.3, -0.25) is 0 Å². The first-order valence-electron chi connectivity index (χ1n) is 14.9. The van der Waals surface area contributed by atoms with Gasteiger partial charge in [-0.25, -0.2) is 9.78 Å². The van der Waals surface area contributed by atoms with E-state index in [1.165, 1.54) is 12.8 Å². The van der Waals surface area contributed by atoms with Crippen molar-refractivity contribution in [1.82, 2.24) is 9.80 Å². The van der Waals surface area contributed by atoms with Crippen LogP contribution in [0.3, 0.4) is 0 Å². The second kappa shape index (κ2) is 10.1. The fourth-order valence-electron chi connectivity index (χ4n) is 8.07. The zero-order valence-electron chi connectivity index (χ0n) is 23.1. The van der Waals surface area contributed by atoms with Gasteiger partial charge in [0.05, 0.1) is 6.10 Å². The Bertz CT molecular complexity index is 895. The van der Waals surface area contributed by atoms with E-state index in [9.17, 15) is 0 Å². The molecule has 6 fully saturated rings. The quantitative estimate of drug-likeness (QED) is 0.331. The van der Waals surface area contributed by atoms with Crippen molar-refractivity contribution in [3.8, 4) is 12.3 Å². The van der Waals surface area contributed by atoms with Crippen molar-refractivity contribution < 1.29 is 19.2 Å². The van der Waals surface area contributed by atoms with Crippen LogP contribution >= 0.6 is 0 Å². The van der Waals surface area contributed by atoms with Gasteiger partial charge < -0.3 is 19.3 Å². The molecule has 7 rings (SSSR count). The number of fused-ring (bicyclic) bond motifs is 2. The third kappa shape index (κ3) is 4.90. The van der Waals surface area contributed by atoms with Gasteiger partial charge in [0.2, 0.25) is 5.79 Å². The van der Waals surface area contributed by atoms with Gasteiger partial charge in [0.1, 0.15) is 0 Å². The number of rotatable bonds is 9. The highest BCUT2D eigenvalue weighted by Crippen LogP contribution is 2.60. The van der Waals surface area contributed by atoms with Gasteiger partial charge >= 0.3 is 0 Å². The minimum absolute atomic E-state index is 0.162. The predicted molar refractivity (Wildman–Crippen MR) is 139 cm³/mol. The molecule has 206 valence electrons. The maximum atomic E-state index is 6.78. The molecule has 0 N–H and O–H groups in total. The van der Waals surface area contributed by atoms with Crippen molar-refractivity contribution >= 4 is 0 Å². The first-order chi connectivity index (χ1) is 17.9. The molecule has 1 saturated carbocycles. The maximum absolute atomic E-state index is 6.78. The van der Waals surface area contributed by atoms with Crippen LogP contribution in [-0.4, -0.2) is 78.5 Å². The Morgan fingerprint density at radius 2 is 1.70 bits per heavy atom. The second-order valence-corrected chi connectivity index (χ2v) is 12.9. The van der Waals surface area contributed by atoms with Gasteiger partial charge in [0.15, 0.2) is 17.6 Å². The van der Waals surface area contributed by atoms with Crippen LogP contribution in [0.2, 0.25) is 0 Å². The van der Waals surface area contributed by atoms with E-state index in [0.717, 1.165) is 84.2 Å². The molecule has 37 heavy (non-hydrogen) atoms. The second-order valence-electron chi connectivity index (χ2n) is 12.9. The minimum Gasteiger partial charge on any atom is -0.346 e. The van der Waals surface area contributed by atoms with Gasteiger partial charge in [-0.15, -0.1) is 12.3 Å². The minimum atomic E-state index is -0.690. The Morgan fingerprint density at radius 3 is 2.43 bits per heavy atom. The summed E-state index contributed by atoms with van der Waals surface area (Å²) in [6.45, 7) is 13.5. The average molecular weight is 515 g/mol. The van der Waals surface area contributed by atoms with Gasteiger partial charge in [0.25, 0.3) is 0 Å². The molecular weight excluding hydrogens is 468 g/mol. The first-order valence-corrected chi connectivity index (χ1v) is 14.9. The number of terminal acetylenes is 1. The Morgan fingerprint density at radius 1 is 0.946 bits per heavy atom. The van der Waals surface area contributed by atoms with Crippen LogP contribution in [0.4, 0.5) is 0 Å². The summed E-state index contributed by atoms with van der Waals surface area (Å²) < 4.78 is 13.3. The van der Waals surface area contributed by atoms with Crippen LogP contribution in [0.15, 0.2) is 10.2 Å². The molecule has 2 bridgehead atoms. The molecule has 5 saturated heterocycles. The number of piperazine rings is 1. The van der Waals surface area contributed by atoms with Crippen LogP contribution in [0.25, 0.3) is 0 Å². The summed E-state index contributed by atoms with van der Waals surface area (Å²) in [6.07, 6.45) is 14.6. The molecule has 8 heteroatoms. The molecule has 0 aromatic heterocycles. The SMILES string of the molecule is C#CCCC1(CCN2CCN(CCC[C@H]3O[C@@H]4O[C@]5(C)CC[C@H]6[C@H](C)CC[C@@H]([C@H]3C)[C@@]46OO5)CC2)N=N1. The zero-order chi connectivity index (χ0) is 25.7. The van der Waals surface area contributed by atoms with Gasteiger partial charge in [-0.05, 0) is 63.3 Å². The van der Waals surface area contributed by atoms with Gasteiger partial charge in [-0.1, -0.05) is 13.8 Å². The van der Waals surface area contributed by atoms with Crippen LogP contribution in [0, 0.1) is 36.0 Å². The van der Waals surface area contributed by atoms with E-state index in [1.54, 1.807) is 0 Å². The van der Waals surface area contributed by atoms with E-state index in [4.69, 9.17) is 25.7 Å². The smallest absolute Gasteiger partial charge is 0.201 e. The van der Waals surface area contributed by atoms with Crippen LogP contribution in [0.5, 0.6) is 0 Å². The first kappa shape index (κ1) is 26.2. The average Bonchev–Trinajstić information content (AvgIpc) is 3.70. The number of hydrogen-bond donors (Lipinski definition) is 0. The van der Waals surface area contributed by atoms with Crippen molar-refractivity contribution in [2.45, 2.75) is 108 Å². The van der Waals surface area contributed by atoms with Crippen molar-refractivity contribution in [2.24, 2.45) is 33.9 Å². The summed E-state index contributed by atoms with van der Waals surface area (Å²) in [5.41, 5.74) is -0.606. The third-order valence-electron chi connectivity index (χ3n) is 10.6. The Kier molecular flexibility index (Phi) is 7.17. The van der Waals surface area contributed by atoms with Crippen molar-refractivity contribution in [1.29, 1.82) is 0 Å². The normalized spacial score (nSPS) is 44.7. The van der Waals surface area contributed by atoms with E-state index < -0.39 is 11.4 Å². The molecule has 0 aromatic carbocycles. The largest absolute Gasteiger partial charge is 0.346 e. The summed E-state index contributed by atoms with van der Waals surface area (Å²) in [4.78, 5) is 17.4. The molecule has 8 nitrogen and oxygen atoms in total. The van der Waals surface area contributed by atoms with E-state index >= 15 is 0 Å². The van der Waals surface area contributed by atoms with Gasteiger partial charge in [0, 0.05) is 64.3 Å². The number of hydrogen-bond acceptors (Lipinski definition) is 8. The highest BCUT2D eigenvalue weighted by Gasteiger charge is 2.69. The fraction of sp³-hybridized carbons (Fsp3) is 0.931. The van der Waals surface area contributed by atoms with Crippen molar-refractivity contribution in [3.63, 3.8) is 0 Å². The topological polar surface area (TPSA) is 68.1 Å². The van der Waals surface area contributed by atoms with Crippen LogP contribution in [0.1, 0.15) is 78.6 Å². The molecular formula is C29H46N4O4. The van der Waals surface area contributed by atoms with E-state index in [1.807, 2.05) is 6.92 Å². The molecule has 0 amide bonds. The molecule has 0 unspecified atom stereocenters. The summed E-state index contributed by atoms with van der Waals surface area (Å²) >= 11 is 0. The third-order valence-corrected chi connectivity index (χ3v) is 10.6.